The molecule has 0 saturated heterocycles. The Bertz CT molecular complexity index is 333. The maximum absolute atomic E-state index is 3.68. The molecule has 1 saturated carbocycles. The lowest BCUT2D eigenvalue weighted by Crippen LogP contribution is -2.24. The van der Waals surface area contributed by atoms with Crippen LogP contribution in [-0.2, 0) is 0 Å². The third-order valence-electron chi connectivity index (χ3n) is 3.44. The van der Waals surface area contributed by atoms with Gasteiger partial charge in [0.15, 0.2) is 0 Å². The smallest absolute Gasteiger partial charge is 0.0351 e. The van der Waals surface area contributed by atoms with Crippen molar-refractivity contribution >= 4 is 15.9 Å². The average Bonchev–Trinajstić information content (AvgIpc) is 2.99. The van der Waals surface area contributed by atoms with E-state index in [-0.39, 0.29) is 0 Å². The summed E-state index contributed by atoms with van der Waals surface area (Å²) in [7, 11) is 0. The molecule has 1 fully saturated rings. The van der Waals surface area contributed by atoms with E-state index >= 15 is 0 Å². The van der Waals surface area contributed by atoms with E-state index in [0.717, 1.165) is 22.9 Å². The van der Waals surface area contributed by atoms with E-state index in [9.17, 15) is 0 Å². The molecule has 3 unspecified atom stereocenters. The van der Waals surface area contributed by atoms with Gasteiger partial charge in [0.1, 0.15) is 0 Å². The number of rotatable bonds is 5. The first-order chi connectivity index (χ1) is 7.72. The third kappa shape index (κ3) is 2.86. The van der Waals surface area contributed by atoms with Crippen molar-refractivity contribution in [2.45, 2.75) is 32.7 Å². The predicted molar refractivity (Wildman–Crippen MR) is 72.4 cm³/mol. The summed E-state index contributed by atoms with van der Waals surface area (Å²) in [6, 6.07) is 9.32. The first-order valence-corrected chi connectivity index (χ1v) is 7.00. The minimum Gasteiger partial charge on any atom is -0.310 e. The molecule has 0 heterocycles. The second-order valence-corrected chi connectivity index (χ2v) is 5.78. The van der Waals surface area contributed by atoms with Gasteiger partial charge in [-0.15, -0.1) is 0 Å². The van der Waals surface area contributed by atoms with Crippen LogP contribution in [0.5, 0.6) is 0 Å². The number of benzene rings is 1. The standard InChI is InChI=1S/C14H20BrN/c1-3-8-16-14(13-9-10(13)2)11-4-6-12(15)7-5-11/h4-7,10,13-14,16H,3,8-9H2,1-2H3. The van der Waals surface area contributed by atoms with Gasteiger partial charge >= 0.3 is 0 Å². The van der Waals surface area contributed by atoms with Gasteiger partial charge in [-0.3, -0.25) is 0 Å². The molecule has 1 aromatic carbocycles. The van der Waals surface area contributed by atoms with Crippen molar-refractivity contribution in [1.29, 1.82) is 0 Å². The molecule has 0 aliphatic heterocycles. The molecule has 0 spiro atoms. The molecule has 88 valence electrons. The van der Waals surface area contributed by atoms with Crippen molar-refractivity contribution in [2.75, 3.05) is 6.54 Å². The summed E-state index contributed by atoms with van der Waals surface area (Å²) in [4.78, 5) is 0. The lowest BCUT2D eigenvalue weighted by molar-refractivity contribution is 0.463. The Hall–Kier alpha value is -0.340. The van der Waals surface area contributed by atoms with Crippen LogP contribution < -0.4 is 5.32 Å². The fourth-order valence-electron chi connectivity index (χ4n) is 2.30. The molecule has 0 aromatic heterocycles. The Morgan fingerprint density at radius 3 is 2.50 bits per heavy atom. The Morgan fingerprint density at radius 1 is 1.38 bits per heavy atom. The molecule has 2 heteroatoms. The highest BCUT2D eigenvalue weighted by atomic mass is 79.9. The summed E-state index contributed by atoms with van der Waals surface area (Å²) in [6.45, 7) is 5.69. The summed E-state index contributed by atoms with van der Waals surface area (Å²) >= 11 is 3.49. The minimum atomic E-state index is 0.558. The van der Waals surface area contributed by atoms with E-state index < -0.39 is 0 Å². The molecule has 3 atom stereocenters. The van der Waals surface area contributed by atoms with Crippen LogP contribution in [-0.4, -0.2) is 6.54 Å². The van der Waals surface area contributed by atoms with Crippen LogP contribution >= 0.6 is 15.9 Å². The molecule has 1 N–H and O–H groups in total. The van der Waals surface area contributed by atoms with E-state index in [4.69, 9.17) is 0 Å². The summed E-state index contributed by atoms with van der Waals surface area (Å²) in [6.07, 6.45) is 2.57. The lowest BCUT2D eigenvalue weighted by atomic mass is 10.0. The van der Waals surface area contributed by atoms with Crippen molar-refractivity contribution in [3.05, 3.63) is 34.3 Å². The zero-order valence-electron chi connectivity index (χ0n) is 10.0. The molecule has 1 nitrogen and oxygen atoms in total. The van der Waals surface area contributed by atoms with Gasteiger partial charge in [-0.2, -0.15) is 0 Å². The fraction of sp³-hybridized carbons (Fsp3) is 0.571. The summed E-state index contributed by atoms with van der Waals surface area (Å²) in [5, 5.41) is 3.68. The van der Waals surface area contributed by atoms with Crippen LogP contribution in [0.3, 0.4) is 0 Å². The zero-order valence-corrected chi connectivity index (χ0v) is 11.6. The number of hydrogen-bond donors (Lipinski definition) is 1. The largest absolute Gasteiger partial charge is 0.310 e. The van der Waals surface area contributed by atoms with E-state index in [2.05, 4.69) is 59.4 Å². The SMILES string of the molecule is CCCNC(c1ccc(Br)cc1)C1CC1C. The van der Waals surface area contributed by atoms with Crippen molar-refractivity contribution in [3.8, 4) is 0 Å². The summed E-state index contributed by atoms with van der Waals surface area (Å²) in [5.74, 6) is 1.73. The second-order valence-electron chi connectivity index (χ2n) is 4.86. The van der Waals surface area contributed by atoms with Crippen molar-refractivity contribution in [3.63, 3.8) is 0 Å². The highest BCUT2D eigenvalue weighted by molar-refractivity contribution is 9.10. The van der Waals surface area contributed by atoms with Crippen LogP contribution in [0.4, 0.5) is 0 Å². The maximum Gasteiger partial charge on any atom is 0.0351 e. The molecular weight excluding hydrogens is 262 g/mol. The number of nitrogens with one attached hydrogen (secondary N) is 1. The average molecular weight is 282 g/mol. The number of hydrogen-bond acceptors (Lipinski definition) is 1. The normalized spacial score (nSPS) is 25.4. The van der Waals surface area contributed by atoms with Crippen LogP contribution in [0.25, 0.3) is 0 Å². The Balaban J connectivity index is 2.08. The fourth-order valence-corrected chi connectivity index (χ4v) is 2.57. The third-order valence-corrected chi connectivity index (χ3v) is 3.97. The maximum atomic E-state index is 3.68. The topological polar surface area (TPSA) is 12.0 Å². The molecule has 0 amide bonds. The van der Waals surface area contributed by atoms with Crippen LogP contribution in [0.15, 0.2) is 28.7 Å². The highest BCUT2D eigenvalue weighted by Crippen LogP contribution is 2.46. The van der Waals surface area contributed by atoms with Crippen molar-refractivity contribution in [1.82, 2.24) is 5.32 Å². The van der Waals surface area contributed by atoms with Gasteiger partial charge in [-0.25, -0.2) is 0 Å². The molecule has 0 radical (unpaired) electrons. The lowest BCUT2D eigenvalue weighted by Gasteiger charge is -2.19. The molecule has 1 aliphatic rings. The first kappa shape index (κ1) is 12.1. The first-order valence-electron chi connectivity index (χ1n) is 6.21. The van der Waals surface area contributed by atoms with Crippen molar-refractivity contribution in [2.24, 2.45) is 11.8 Å². The quantitative estimate of drug-likeness (QED) is 0.855. The monoisotopic (exact) mass is 281 g/mol. The van der Waals surface area contributed by atoms with E-state index in [0.29, 0.717) is 6.04 Å². The Morgan fingerprint density at radius 2 is 2.00 bits per heavy atom. The van der Waals surface area contributed by atoms with Gasteiger partial charge in [0.25, 0.3) is 0 Å². The minimum absolute atomic E-state index is 0.558. The van der Waals surface area contributed by atoms with Gasteiger partial charge < -0.3 is 5.32 Å². The second kappa shape index (κ2) is 5.33. The van der Waals surface area contributed by atoms with Crippen LogP contribution in [0.1, 0.15) is 38.3 Å². The Kier molecular flexibility index (Phi) is 4.04. The van der Waals surface area contributed by atoms with Crippen LogP contribution in [0.2, 0.25) is 0 Å². The molecule has 1 aromatic rings. The van der Waals surface area contributed by atoms with Gasteiger partial charge in [0.05, 0.1) is 0 Å². The summed E-state index contributed by atoms with van der Waals surface area (Å²) in [5.41, 5.74) is 1.44. The van der Waals surface area contributed by atoms with Crippen molar-refractivity contribution < 1.29 is 0 Å². The van der Waals surface area contributed by atoms with Gasteiger partial charge in [-0.05, 0) is 48.9 Å². The molecular formula is C14H20BrN. The molecule has 16 heavy (non-hydrogen) atoms. The highest BCUT2D eigenvalue weighted by Gasteiger charge is 2.39. The van der Waals surface area contributed by atoms with E-state index in [1.807, 2.05) is 0 Å². The number of halogens is 1. The van der Waals surface area contributed by atoms with Crippen LogP contribution in [0, 0.1) is 11.8 Å². The molecule has 0 bridgehead atoms. The predicted octanol–water partition coefficient (Wildman–Crippen LogP) is 4.15. The Labute approximate surface area is 107 Å². The summed E-state index contributed by atoms with van der Waals surface area (Å²) < 4.78 is 1.16. The molecule has 2 rings (SSSR count). The van der Waals surface area contributed by atoms with Gasteiger partial charge in [0, 0.05) is 10.5 Å². The van der Waals surface area contributed by atoms with Gasteiger partial charge in [0.2, 0.25) is 0 Å². The van der Waals surface area contributed by atoms with Gasteiger partial charge in [-0.1, -0.05) is 41.9 Å². The van der Waals surface area contributed by atoms with E-state index in [1.54, 1.807) is 0 Å². The molecule has 1 aliphatic carbocycles. The van der Waals surface area contributed by atoms with E-state index in [1.165, 1.54) is 18.4 Å². The zero-order chi connectivity index (χ0) is 11.5.